The van der Waals surface area contributed by atoms with Gasteiger partial charge in [0.05, 0.1) is 4.90 Å². The van der Waals surface area contributed by atoms with Crippen molar-refractivity contribution in [1.29, 1.82) is 0 Å². The van der Waals surface area contributed by atoms with E-state index in [-0.39, 0.29) is 52.2 Å². The molecule has 0 radical (unpaired) electrons. The molecule has 2 aromatic carbocycles. The molecule has 0 heterocycles. The van der Waals surface area contributed by atoms with Gasteiger partial charge in [-0.2, -0.15) is 0 Å². The van der Waals surface area contributed by atoms with Gasteiger partial charge in [0.15, 0.2) is 0 Å². The van der Waals surface area contributed by atoms with E-state index in [0.29, 0.717) is 10.9 Å². The predicted molar refractivity (Wildman–Crippen MR) is 94.2 cm³/mol. The Bertz CT molecular complexity index is 837. The molecule has 0 amide bonds. The Hall–Kier alpha value is -0.390. The van der Waals surface area contributed by atoms with Crippen LogP contribution in [0.1, 0.15) is 76.0 Å². The summed E-state index contributed by atoms with van der Waals surface area (Å²) in [6.45, 7) is 12.1. The van der Waals surface area contributed by atoms with Crippen molar-refractivity contribution in [3.63, 3.8) is 0 Å². The summed E-state index contributed by atoms with van der Waals surface area (Å²) in [6, 6.07) is 7.68. The van der Waals surface area contributed by atoms with Crippen LogP contribution in [-0.4, -0.2) is 13.0 Å². The zero-order valence-electron chi connectivity index (χ0n) is 15.7. The van der Waals surface area contributed by atoms with E-state index in [0.717, 1.165) is 16.5 Å². The molecule has 0 aromatic heterocycles. The standard InChI is InChI=1S/C19H26O3S.Na/c1-11(2)14-8-7-9-15-17(14)10-16(12(3)4)18(13(5)6)19(15)23(20,21)22;/h7-13H,1-6H3,(H,20,21,22);/q;+1/p-1. The summed E-state index contributed by atoms with van der Waals surface area (Å²) >= 11 is 0. The molecule has 5 heteroatoms. The molecule has 2 aromatic rings. The first-order valence-corrected chi connectivity index (χ1v) is 9.51. The minimum absolute atomic E-state index is 0. The summed E-state index contributed by atoms with van der Waals surface area (Å²) in [4.78, 5) is -0.0313. The third kappa shape index (κ3) is 4.05. The molecular formula is C19H25NaO3S. The van der Waals surface area contributed by atoms with Crippen molar-refractivity contribution in [3.8, 4) is 0 Å². The summed E-state index contributed by atoms with van der Waals surface area (Å²) in [6.07, 6.45) is 0. The van der Waals surface area contributed by atoms with Crippen LogP contribution in [0.25, 0.3) is 10.8 Å². The van der Waals surface area contributed by atoms with Gasteiger partial charge >= 0.3 is 29.6 Å². The molecule has 0 saturated carbocycles. The summed E-state index contributed by atoms with van der Waals surface area (Å²) < 4.78 is 36.2. The third-order valence-electron chi connectivity index (χ3n) is 4.31. The van der Waals surface area contributed by atoms with Crippen LogP contribution in [0.4, 0.5) is 0 Å². The quantitative estimate of drug-likeness (QED) is 0.623. The van der Waals surface area contributed by atoms with E-state index >= 15 is 0 Å². The molecule has 0 N–H and O–H groups in total. The Balaban J connectivity index is 0.00000288. The molecular weight excluding hydrogens is 331 g/mol. The molecule has 3 nitrogen and oxygen atoms in total. The van der Waals surface area contributed by atoms with Gasteiger partial charge in [0.25, 0.3) is 0 Å². The third-order valence-corrected chi connectivity index (χ3v) is 5.25. The summed E-state index contributed by atoms with van der Waals surface area (Å²) in [7, 11) is -4.55. The van der Waals surface area contributed by atoms with E-state index < -0.39 is 10.1 Å². The summed E-state index contributed by atoms with van der Waals surface area (Å²) in [5, 5.41) is 1.43. The predicted octanol–water partition coefficient (Wildman–Crippen LogP) is 2.12. The number of hydrogen-bond donors (Lipinski definition) is 0. The Labute approximate surface area is 167 Å². The van der Waals surface area contributed by atoms with Crippen molar-refractivity contribution >= 4 is 20.9 Å². The zero-order valence-corrected chi connectivity index (χ0v) is 18.5. The van der Waals surface area contributed by atoms with E-state index in [9.17, 15) is 13.0 Å². The fraction of sp³-hybridized carbons (Fsp3) is 0.474. The van der Waals surface area contributed by atoms with Crippen LogP contribution in [-0.2, 0) is 10.1 Å². The average Bonchev–Trinajstić information content (AvgIpc) is 2.42. The number of fused-ring (bicyclic) bond motifs is 1. The van der Waals surface area contributed by atoms with Crippen LogP contribution < -0.4 is 29.6 Å². The fourth-order valence-electron chi connectivity index (χ4n) is 3.30. The van der Waals surface area contributed by atoms with E-state index in [2.05, 4.69) is 19.9 Å². The van der Waals surface area contributed by atoms with Crippen molar-refractivity contribution in [2.24, 2.45) is 0 Å². The van der Waals surface area contributed by atoms with Crippen LogP contribution in [0.2, 0.25) is 0 Å². The molecule has 0 spiro atoms. The first kappa shape index (κ1) is 21.7. The first-order chi connectivity index (χ1) is 10.6. The minimum atomic E-state index is -4.55. The maximum atomic E-state index is 12.1. The van der Waals surface area contributed by atoms with Gasteiger partial charge in [-0.3, -0.25) is 0 Å². The van der Waals surface area contributed by atoms with Crippen LogP contribution in [0.15, 0.2) is 29.2 Å². The molecule has 0 saturated heterocycles. The van der Waals surface area contributed by atoms with Gasteiger partial charge in [-0.15, -0.1) is 0 Å². The molecule has 24 heavy (non-hydrogen) atoms. The molecule has 0 aliphatic carbocycles. The average molecular weight is 356 g/mol. The monoisotopic (exact) mass is 356 g/mol. The molecule has 0 fully saturated rings. The first-order valence-electron chi connectivity index (χ1n) is 8.11. The van der Waals surface area contributed by atoms with Crippen molar-refractivity contribution in [2.75, 3.05) is 0 Å². The second kappa shape index (κ2) is 7.88. The topological polar surface area (TPSA) is 57.2 Å². The SMILES string of the molecule is CC(C)c1cc2c(C(C)C)cccc2c(S(=O)(=O)[O-])c1C(C)C.[Na+]. The molecule has 0 aliphatic rings. The zero-order chi connectivity index (χ0) is 17.5. The molecule has 0 aliphatic heterocycles. The largest absolute Gasteiger partial charge is 1.00 e. The second-order valence-corrected chi connectivity index (χ2v) is 8.39. The van der Waals surface area contributed by atoms with Gasteiger partial charge in [-0.1, -0.05) is 65.8 Å². The summed E-state index contributed by atoms with van der Waals surface area (Å²) in [5.41, 5.74) is 2.70. The maximum absolute atomic E-state index is 12.1. The fourth-order valence-corrected chi connectivity index (χ4v) is 4.37. The van der Waals surface area contributed by atoms with Crippen LogP contribution >= 0.6 is 0 Å². The van der Waals surface area contributed by atoms with Gasteiger partial charge < -0.3 is 4.55 Å². The van der Waals surface area contributed by atoms with Gasteiger partial charge in [0.1, 0.15) is 10.1 Å². The van der Waals surface area contributed by atoms with Crippen LogP contribution in [0.3, 0.4) is 0 Å². The van der Waals surface area contributed by atoms with Crippen molar-refractivity contribution < 1.29 is 42.5 Å². The Morgan fingerprint density at radius 1 is 0.833 bits per heavy atom. The maximum Gasteiger partial charge on any atom is 1.00 e. The van der Waals surface area contributed by atoms with Crippen molar-refractivity contribution in [2.45, 2.75) is 64.2 Å². The number of hydrogen-bond acceptors (Lipinski definition) is 3. The normalized spacial score (nSPS) is 12.2. The number of benzene rings is 2. The van der Waals surface area contributed by atoms with Crippen molar-refractivity contribution in [3.05, 3.63) is 41.0 Å². The molecule has 0 unspecified atom stereocenters. The number of rotatable bonds is 4. The van der Waals surface area contributed by atoms with Gasteiger partial charge in [0.2, 0.25) is 0 Å². The van der Waals surface area contributed by atoms with E-state index in [1.165, 1.54) is 0 Å². The van der Waals surface area contributed by atoms with Crippen LogP contribution in [0, 0.1) is 0 Å². The Kier molecular flexibility index (Phi) is 7.11. The Morgan fingerprint density at radius 2 is 1.38 bits per heavy atom. The minimum Gasteiger partial charge on any atom is -0.744 e. The van der Waals surface area contributed by atoms with E-state index in [1.54, 1.807) is 6.07 Å². The molecule has 0 atom stereocenters. The van der Waals surface area contributed by atoms with E-state index in [4.69, 9.17) is 0 Å². The van der Waals surface area contributed by atoms with Crippen molar-refractivity contribution in [1.82, 2.24) is 0 Å². The van der Waals surface area contributed by atoms with E-state index in [1.807, 2.05) is 39.8 Å². The molecule has 0 bridgehead atoms. The van der Waals surface area contributed by atoms with Gasteiger partial charge in [-0.25, -0.2) is 8.42 Å². The Morgan fingerprint density at radius 3 is 1.79 bits per heavy atom. The van der Waals surface area contributed by atoms with Crippen LogP contribution in [0.5, 0.6) is 0 Å². The summed E-state index contributed by atoms with van der Waals surface area (Å²) in [5.74, 6) is 0.376. The smallest absolute Gasteiger partial charge is 0.744 e. The van der Waals surface area contributed by atoms with Gasteiger partial charge in [-0.05, 0) is 45.2 Å². The van der Waals surface area contributed by atoms with Gasteiger partial charge in [0, 0.05) is 0 Å². The second-order valence-electron chi connectivity index (χ2n) is 7.07. The molecule has 126 valence electrons. The molecule has 2 rings (SSSR count).